The van der Waals surface area contributed by atoms with E-state index in [0.29, 0.717) is 5.15 Å². The minimum atomic E-state index is -4.55. The van der Waals surface area contributed by atoms with Crippen LogP contribution >= 0.6 is 26.8 Å². The largest absolute Gasteiger partial charge is 0.337 e. The van der Waals surface area contributed by atoms with Gasteiger partial charge >= 0.3 is 15.2 Å². The van der Waals surface area contributed by atoms with Gasteiger partial charge in [-0.3, -0.25) is 9.13 Å². The Hall–Kier alpha value is -0.260. The lowest BCUT2D eigenvalue weighted by Crippen LogP contribution is -1.88. The fourth-order valence-corrected chi connectivity index (χ4v) is 2.63. The van der Waals surface area contributed by atoms with Gasteiger partial charge in [0.2, 0.25) is 0 Å². The molecule has 92 valence electrons. The summed E-state index contributed by atoms with van der Waals surface area (Å²) in [6, 6.07) is 5.41. The van der Waals surface area contributed by atoms with Gasteiger partial charge in [-0.15, -0.1) is 0 Å². The molecule has 10 heteroatoms. The Balaban J connectivity index is 0.000000288. The topological polar surface area (TPSA) is 128 Å². The highest BCUT2D eigenvalue weighted by Crippen LogP contribution is 2.51. The molecule has 0 atom stereocenters. The van der Waals surface area contributed by atoms with Crippen molar-refractivity contribution in [1.82, 2.24) is 4.98 Å². The van der Waals surface area contributed by atoms with Crippen molar-refractivity contribution in [3.05, 3.63) is 29.5 Å². The van der Waals surface area contributed by atoms with Crippen LogP contribution in [0.3, 0.4) is 0 Å². The molecule has 0 aliphatic carbocycles. The molecule has 0 radical (unpaired) electrons. The molecule has 0 spiro atoms. The van der Waals surface area contributed by atoms with Crippen LogP contribution in [-0.4, -0.2) is 30.5 Å². The third-order valence-corrected chi connectivity index (χ3v) is 4.17. The second-order valence-electron chi connectivity index (χ2n) is 2.62. The van der Waals surface area contributed by atoms with Gasteiger partial charge in [-0.05, 0) is 12.1 Å². The van der Waals surface area contributed by atoms with E-state index in [-0.39, 0.29) is 0 Å². The summed E-state index contributed by atoms with van der Waals surface area (Å²) in [5, 5.41) is 0.544. The molecule has 0 aliphatic heterocycles. The van der Waals surface area contributed by atoms with E-state index in [1.165, 1.54) is 0 Å². The first-order valence-electron chi connectivity index (χ1n) is 3.76. The Kier molecular flexibility index (Phi) is 6.36. The van der Waals surface area contributed by atoms with Crippen molar-refractivity contribution in [3.63, 3.8) is 0 Å². The Bertz CT molecular complexity index is 381. The lowest BCUT2D eigenvalue weighted by molar-refractivity contribution is 0.357. The van der Waals surface area contributed by atoms with Crippen molar-refractivity contribution in [1.29, 1.82) is 0 Å². The minimum absolute atomic E-state index is 0.544. The zero-order chi connectivity index (χ0) is 12.8. The second kappa shape index (κ2) is 6.47. The Morgan fingerprint density at radius 2 is 1.62 bits per heavy atom. The molecule has 7 nitrogen and oxygen atoms in total. The summed E-state index contributed by atoms with van der Waals surface area (Å²) < 4.78 is 19.7. The van der Waals surface area contributed by atoms with E-state index in [4.69, 9.17) is 31.2 Å². The molecule has 0 unspecified atom stereocenters. The van der Waals surface area contributed by atoms with E-state index in [2.05, 4.69) is 4.98 Å². The van der Waals surface area contributed by atoms with Gasteiger partial charge in [0.25, 0.3) is 0 Å². The normalized spacial score (nSPS) is 11.6. The van der Waals surface area contributed by atoms with Gasteiger partial charge in [-0.25, -0.2) is 4.98 Å². The van der Waals surface area contributed by atoms with Crippen LogP contribution in [0.5, 0.6) is 0 Å². The molecule has 0 aromatic carbocycles. The lowest BCUT2D eigenvalue weighted by Gasteiger charge is -2.03. The molecule has 1 aromatic heterocycles. The van der Waals surface area contributed by atoms with Crippen molar-refractivity contribution in [2.45, 2.75) is 0 Å². The first-order valence-corrected chi connectivity index (χ1v) is 7.73. The zero-order valence-electron chi connectivity index (χ0n) is 7.84. The van der Waals surface area contributed by atoms with Crippen molar-refractivity contribution >= 4 is 26.8 Å². The number of aromatic nitrogens is 1. The number of hydrogen-bond donors (Lipinski definition) is 4. The summed E-state index contributed by atoms with van der Waals surface area (Å²) in [6.45, 7) is 0. The third-order valence-electron chi connectivity index (χ3n) is 0.997. The maximum atomic E-state index is 9.85. The van der Waals surface area contributed by atoms with Crippen LogP contribution in [0.1, 0.15) is 0 Å². The van der Waals surface area contributed by atoms with Gasteiger partial charge < -0.3 is 19.6 Å². The molecule has 0 bridgehead atoms. The molecule has 0 fully saturated rings. The van der Waals surface area contributed by atoms with Crippen LogP contribution in [0.2, 0.25) is 5.15 Å². The van der Waals surface area contributed by atoms with Gasteiger partial charge in [0.1, 0.15) is 5.15 Å². The van der Waals surface area contributed by atoms with Crippen molar-refractivity contribution in [2.75, 3.05) is 5.90 Å². The average Bonchev–Trinajstić information content (AvgIpc) is 1.99. The van der Waals surface area contributed by atoms with E-state index in [0.717, 1.165) is 0 Å². The summed E-state index contributed by atoms with van der Waals surface area (Å²) in [5.41, 5.74) is 0. The van der Waals surface area contributed by atoms with E-state index in [1.807, 2.05) is 12.1 Å². The molecule has 0 saturated carbocycles. The first kappa shape index (κ1) is 15.7. The Morgan fingerprint density at radius 1 is 1.12 bits per heavy atom. The smallest absolute Gasteiger partial charge is 0.324 e. The van der Waals surface area contributed by atoms with Gasteiger partial charge in [0, 0.05) is 6.20 Å². The van der Waals surface area contributed by atoms with E-state index in [9.17, 15) is 9.13 Å². The summed E-state index contributed by atoms with van der Waals surface area (Å²) in [4.78, 5) is 35.6. The van der Waals surface area contributed by atoms with Crippen LogP contribution in [0, 0.1) is 0 Å². The maximum Gasteiger partial charge on any atom is 0.337 e. The first-order chi connectivity index (χ1) is 7.10. The quantitative estimate of drug-likeness (QED) is 0.473. The highest BCUT2D eigenvalue weighted by molar-refractivity contribution is 7.69. The van der Waals surface area contributed by atoms with Gasteiger partial charge in [-0.1, -0.05) is 17.7 Å². The molecule has 0 amide bonds. The number of nitrogens with zero attached hydrogens (tertiary/aromatic N) is 1. The van der Waals surface area contributed by atoms with Gasteiger partial charge in [0.05, 0.1) is 0 Å². The predicted molar refractivity (Wildman–Crippen MR) is 58.2 cm³/mol. The van der Waals surface area contributed by atoms with Crippen LogP contribution in [0.4, 0.5) is 0 Å². The fourth-order valence-electron chi connectivity index (χ4n) is 0.582. The number of hydrogen-bond acceptors (Lipinski definition) is 3. The third kappa shape index (κ3) is 11.8. The van der Waals surface area contributed by atoms with Gasteiger partial charge in [0.15, 0.2) is 5.90 Å². The van der Waals surface area contributed by atoms with Crippen LogP contribution in [0.15, 0.2) is 24.4 Å². The lowest BCUT2D eigenvalue weighted by atomic mass is 10.5. The summed E-state index contributed by atoms with van der Waals surface area (Å²) in [6.07, 6.45) is 1.66. The van der Waals surface area contributed by atoms with Crippen LogP contribution in [-0.2, 0) is 9.13 Å². The molecule has 1 aromatic rings. The molecular weight excluding hydrogens is 279 g/mol. The molecule has 1 rings (SSSR count). The fraction of sp³-hybridized carbons (Fsp3) is 0.167. The SMILES string of the molecule is Clc1ccccn1.O=P(O)(O)CP(=O)(O)O. The van der Waals surface area contributed by atoms with E-state index >= 15 is 0 Å². The minimum Gasteiger partial charge on any atom is -0.324 e. The monoisotopic (exact) mass is 289 g/mol. The standard InChI is InChI=1S/C5H4ClN.CH6O6P2/c6-5-3-1-2-4-7-5;2-8(3,4)1-9(5,6)7/h1-4H;1H2,(H2,2,3,4)(H2,5,6,7). The Labute approximate surface area is 96.4 Å². The summed E-state index contributed by atoms with van der Waals surface area (Å²) in [7, 11) is -9.10. The highest BCUT2D eigenvalue weighted by atomic mass is 35.5. The summed E-state index contributed by atoms with van der Waals surface area (Å²) in [5.74, 6) is -1.38. The van der Waals surface area contributed by atoms with Crippen molar-refractivity contribution < 1.29 is 28.7 Å². The predicted octanol–water partition coefficient (Wildman–Crippen LogP) is 1.03. The van der Waals surface area contributed by atoms with Crippen LogP contribution < -0.4 is 0 Å². The number of pyridine rings is 1. The number of halogens is 1. The van der Waals surface area contributed by atoms with Crippen molar-refractivity contribution in [2.24, 2.45) is 0 Å². The molecule has 1 heterocycles. The maximum absolute atomic E-state index is 9.85. The average molecular weight is 290 g/mol. The highest BCUT2D eigenvalue weighted by Gasteiger charge is 2.26. The zero-order valence-corrected chi connectivity index (χ0v) is 10.4. The Morgan fingerprint density at radius 3 is 1.75 bits per heavy atom. The summed E-state index contributed by atoms with van der Waals surface area (Å²) >= 11 is 5.43. The molecule has 0 aliphatic rings. The molecule has 16 heavy (non-hydrogen) atoms. The van der Waals surface area contributed by atoms with E-state index in [1.54, 1.807) is 12.3 Å². The van der Waals surface area contributed by atoms with Crippen molar-refractivity contribution in [3.8, 4) is 0 Å². The molecule has 4 N–H and O–H groups in total. The number of rotatable bonds is 2. The molecular formula is C6H10ClNO6P2. The van der Waals surface area contributed by atoms with E-state index < -0.39 is 21.1 Å². The van der Waals surface area contributed by atoms with Gasteiger partial charge in [-0.2, -0.15) is 0 Å². The second-order valence-corrected chi connectivity index (χ2v) is 6.80. The molecule has 0 saturated heterocycles. The van der Waals surface area contributed by atoms with Crippen LogP contribution in [0.25, 0.3) is 0 Å².